The number of aliphatic hydroxyl groups is 1. The molecule has 1 saturated heterocycles. The number of esters is 1. The monoisotopic (exact) mass is 910 g/mol. The number of nitrogens with zero attached hydrogens (tertiary/aromatic N) is 1. The average Bonchev–Trinajstić information content (AvgIpc) is 3.79. The first-order valence-corrected chi connectivity index (χ1v) is 24.4. The molecule has 1 aliphatic heterocycles. The number of aliphatic hydroxyl groups excluding tert-OH is 1. The van der Waals surface area contributed by atoms with E-state index in [1.165, 1.54) is 28.8 Å². The number of pyridine rings is 1. The maximum absolute atomic E-state index is 14.4. The number of anilines is 1. The highest BCUT2D eigenvalue weighted by Gasteiger charge is 2.44. The molecule has 11 heteroatoms. The third kappa shape index (κ3) is 12.3. The van der Waals surface area contributed by atoms with E-state index < -0.39 is 28.4 Å². The molecule has 1 amide bonds. The van der Waals surface area contributed by atoms with Gasteiger partial charge in [-0.2, -0.15) is 11.8 Å². The first-order chi connectivity index (χ1) is 31.5. The van der Waals surface area contributed by atoms with Gasteiger partial charge in [0.15, 0.2) is 0 Å². The number of aromatic nitrogens is 1. The number of carbonyl (C=O) groups excluding carboxylic acids is 2. The van der Waals surface area contributed by atoms with Crippen LogP contribution in [0.1, 0.15) is 82.7 Å². The summed E-state index contributed by atoms with van der Waals surface area (Å²) in [5.74, 6) is -1.05. The first-order valence-electron chi connectivity index (χ1n) is 22.3. The highest BCUT2D eigenvalue weighted by molar-refractivity contribution is 8.01. The van der Waals surface area contributed by atoms with Gasteiger partial charge in [-0.15, -0.1) is 11.8 Å². The molecule has 4 N–H and O–H groups in total. The Kier molecular flexibility index (Phi) is 16.2. The molecular formula is C54H59FN4O4S2. The molecular weight excluding hydrogens is 852 g/mol. The van der Waals surface area contributed by atoms with Crippen molar-refractivity contribution in [3.8, 4) is 0 Å². The third-order valence-corrected chi connectivity index (χ3v) is 14.5. The summed E-state index contributed by atoms with van der Waals surface area (Å²) in [5.41, 5.74) is 6.35. The maximum atomic E-state index is 14.4. The van der Waals surface area contributed by atoms with Gasteiger partial charge in [0.25, 0.3) is 5.91 Å². The van der Waals surface area contributed by atoms with Crippen molar-refractivity contribution >= 4 is 41.1 Å². The van der Waals surface area contributed by atoms with Gasteiger partial charge >= 0.3 is 5.97 Å². The molecule has 8 nitrogen and oxygen atoms in total. The van der Waals surface area contributed by atoms with Gasteiger partial charge in [0.1, 0.15) is 17.5 Å². The second-order valence-electron chi connectivity index (χ2n) is 17.5. The number of nitrogens with one attached hydrogen (secondary N) is 3. The summed E-state index contributed by atoms with van der Waals surface area (Å²) in [4.78, 5) is 33.3. The Balaban J connectivity index is 1.18. The van der Waals surface area contributed by atoms with Gasteiger partial charge in [0, 0.05) is 40.5 Å². The van der Waals surface area contributed by atoms with E-state index in [1.807, 2.05) is 87.3 Å². The second kappa shape index (κ2) is 22.2. The highest BCUT2D eigenvalue weighted by atomic mass is 32.2. The van der Waals surface area contributed by atoms with Crippen molar-refractivity contribution in [1.29, 1.82) is 0 Å². The maximum Gasteiger partial charge on any atom is 0.330 e. The average molecular weight is 911 g/mol. The van der Waals surface area contributed by atoms with Gasteiger partial charge in [-0.25, -0.2) is 9.18 Å². The molecule has 0 bridgehead atoms. The molecule has 2 heterocycles. The number of ether oxygens (including phenoxy) is 1. The van der Waals surface area contributed by atoms with Crippen molar-refractivity contribution < 1.29 is 23.8 Å². The van der Waals surface area contributed by atoms with Crippen LogP contribution >= 0.6 is 23.5 Å². The van der Waals surface area contributed by atoms with Gasteiger partial charge in [0.05, 0.1) is 23.1 Å². The summed E-state index contributed by atoms with van der Waals surface area (Å²) < 4.78 is 19.3. The Morgan fingerprint density at radius 3 is 2.00 bits per heavy atom. The second-order valence-corrected chi connectivity index (χ2v) is 20.0. The smallest absolute Gasteiger partial charge is 0.330 e. The molecule has 0 radical (unpaired) electrons. The van der Waals surface area contributed by atoms with Crippen molar-refractivity contribution in [2.24, 2.45) is 0 Å². The van der Waals surface area contributed by atoms with Gasteiger partial charge in [0.2, 0.25) is 0 Å². The molecule has 4 unspecified atom stereocenters. The van der Waals surface area contributed by atoms with Gasteiger partial charge in [-0.3, -0.25) is 9.78 Å². The summed E-state index contributed by atoms with van der Waals surface area (Å²) in [6, 6.07) is 47.9. The van der Waals surface area contributed by atoms with E-state index in [0.717, 1.165) is 16.8 Å². The van der Waals surface area contributed by atoms with E-state index in [1.54, 1.807) is 36.2 Å². The van der Waals surface area contributed by atoms with Crippen LogP contribution in [0.2, 0.25) is 0 Å². The Hall–Kier alpha value is -5.46. The van der Waals surface area contributed by atoms with E-state index >= 15 is 0 Å². The van der Waals surface area contributed by atoms with Crippen LogP contribution in [0.5, 0.6) is 0 Å². The zero-order valence-electron chi connectivity index (χ0n) is 37.5. The molecule has 0 saturated carbocycles. The van der Waals surface area contributed by atoms with Crippen LogP contribution in [0.3, 0.4) is 0 Å². The van der Waals surface area contributed by atoms with Crippen LogP contribution < -0.4 is 16.0 Å². The van der Waals surface area contributed by atoms with Crippen molar-refractivity contribution in [3.63, 3.8) is 0 Å². The molecule has 5 atom stereocenters. The molecule has 0 spiro atoms. The fraction of sp³-hybridized carbons (Fsp3) is 0.315. The van der Waals surface area contributed by atoms with Crippen molar-refractivity contribution in [3.05, 3.63) is 203 Å². The first kappa shape index (κ1) is 47.5. The van der Waals surface area contributed by atoms with E-state index in [2.05, 4.69) is 93.7 Å². The Labute approximate surface area is 391 Å². The van der Waals surface area contributed by atoms with Crippen LogP contribution in [0, 0.1) is 5.82 Å². The Morgan fingerprint density at radius 2 is 1.45 bits per heavy atom. The lowest BCUT2D eigenvalue weighted by Crippen LogP contribution is -2.48. The zero-order valence-corrected chi connectivity index (χ0v) is 39.1. The van der Waals surface area contributed by atoms with Gasteiger partial charge < -0.3 is 25.8 Å². The molecule has 7 rings (SSSR count). The Morgan fingerprint density at radius 1 is 0.831 bits per heavy atom. The standard InChI is InChI=1S/C54H59FN4O4S2/c1-53(2,3)63-52(62)50(48-34-45(35-57-48)65-54(39-16-8-5-9-17-39,40-18-10-6-11-19-40)41-20-12-7-13-21-41)58-43-30-27-38(26-23-37-24-28-42(55)29-25-37)46(32-43)51(61)59-44(36-60)33-49(64-4)47-22-14-15-31-56-47/h5-22,24-25,27-32,44-45,48-50,57-58,60H,23,26,33-36H2,1-4H3,(H,59,61)/t44-,45?,48?,49?,50?/m0/s1. The Bertz CT molecular complexity index is 2340. The van der Waals surface area contributed by atoms with Crippen molar-refractivity contribution in [2.75, 3.05) is 24.7 Å². The molecule has 338 valence electrons. The van der Waals surface area contributed by atoms with E-state index in [0.29, 0.717) is 43.5 Å². The molecule has 1 aromatic heterocycles. The normalized spacial score (nSPS) is 16.6. The fourth-order valence-electron chi connectivity index (χ4n) is 8.55. The minimum absolute atomic E-state index is 0.0478. The third-order valence-electron chi connectivity index (χ3n) is 11.7. The number of amides is 1. The van der Waals surface area contributed by atoms with Crippen LogP contribution in [0.25, 0.3) is 0 Å². The highest BCUT2D eigenvalue weighted by Crippen LogP contribution is 2.51. The van der Waals surface area contributed by atoms with Gasteiger partial charge in [-0.1, -0.05) is 115 Å². The quantitative estimate of drug-likeness (QED) is 0.0466. The summed E-state index contributed by atoms with van der Waals surface area (Å²) in [6.45, 7) is 5.98. The largest absolute Gasteiger partial charge is 0.458 e. The topological polar surface area (TPSA) is 113 Å². The molecule has 6 aromatic rings. The number of thioether (sulfide) groups is 2. The van der Waals surface area contributed by atoms with E-state index in [4.69, 9.17) is 4.74 Å². The predicted molar refractivity (Wildman–Crippen MR) is 264 cm³/mol. The molecule has 1 fully saturated rings. The lowest BCUT2D eigenvalue weighted by molar-refractivity contribution is -0.156. The van der Waals surface area contributed by atoms with Crippen LogP contribution in [0.4, 0.5) is 10.1 Å². The number of benzene rings is 5. The zero-order chi connectivity index (χ0) is 45.8. The van der Waals surface area contributed by atoms with E-state index in [9.17, 15) is 19.1 Å². The minimum atomic E-state index is -0.800. The van der Waals surface area contributed by atoms with Crippen molar-refractivity contribution in [2.45, 2.75) is 85.4 Å². The summed E-state index contributed by atoms with van der Waals surface area (Å²) in [7, 11) is 0. The lowest BCUT2D eigenvalue weighted by atomic mass is 9.84. The molecule has 5 aromatic carbocycles. The number of halogens is 1. The summed E-state index contributed by atoms with van der Waals surface area (Å²) >= 11 is 3.51. The van der Waals surface area contributed by atoms with Gasteiger partial charge in [-0.05, 0) is 117 Å². The molecule has 65 heavy (non-hydrogen) atoms. The SMILES string of the molecule is CSC(C[C@@H](CO)NC(=O)c1cc(NC(C(=O)OC(C)(C)C)C2CC(SC(c3ccccc3)(c3ccccc3)c3ccccc3)CN2)ccc1CCc1ccc(F)cc1)c1ccccn1. The number of carbonyl (C=O) groups is 2. The molecule has 1 aliphatic rings. The predicted octanol–water partition coefficient (Wildman–Crippen LogP) is 10.2. The van der Waals surface area contributed by atoms with Crippen LogP contribution in [-0.4, -0.2) is 70.4 Å². The fourth-order valence-corrected chi connectivity index (χ4v) is 11.2. The number of aryl methyl sites for hydroxylation is 2. The minimum Gasteiger partial charge on any atom is -0.458 e. The lowest BCUT2D eigenvalue weighted by Gasteiger charge is -2.37. The summed E-state index contributed by atoms with van der Waals surface area (Å²) in [5, 5.41) is 20.9. The molecule has 0 aliphatic carbocycles. The van der Waals surface area contributed by atoms with Crippen LogP contribution in [0.15, 0.2) is 158 Å². The van der Waals surface area contributed by atoms with E-state index in [-0.39, 0.29) is 34.9 Å². The number of hydrogen-bond acceptors (Lipinski definition) is 9. The van der Waals surface area contributed by atoms with Crippen LogP contribution in [-0.2, 0) is 27.1 Å². The van der Waals surface area contributed by atoms with Crippen molar-refractivity contribution in [1.82, 2.24) is 15.6 Å². The summed E-state index contributed by atoms with van der Waals surface area (Å²) in [6.07, 6.45) is 5.94. The number of rotatable bonds is 19. The number of hydrogen-bond donors (Lipinski definition) is 4.